The van der Waals surface area contributed by atoms with Crippen molar-refractivity contribution >= 4 is 5.88 Å². The molecule has 1 N–H and O–H groups in total. The highest BCUT2D eigenvalue weighted by molar-refractivity contribution is 5.36. The van der Waals surface area contributed by atoms with Crippen molar-refractivity contribution in [1.29, 1.82) is 0 Å². The molecule has 0 amide bonds. The normalized spacial score (nSPS) is 21.0. The first-order chi connectivity index (χ1) is 7.85. The van der Waals surface area contributed by atoms with E-state index in [1.807, 2.05) is 0 Å². The molecule has 2 rings (SSSR count). The lowest BCUT2D eigenvalue weighted by Gasteiger charge is -2.22. The maximum Gasteiger partial charge on any atom is 0.195 e. The Labute approximate surface area is 97.8 Å². The molecule has 0 unspecified atom stereocenters. The summed E-state index contributed by atoms with van der Waals surface area (Å²) in [4.78, 5) is 2.24. The van der Waals surface area contributed by atoms with Gasteiger partial charge < -0.3 is 14.6 Å². The molecule has 0 bridgehead atoms. The quantitative estimate of drug-likeness (QED) is 0.849. The lowest BCUT2D eigenvalue weighted by Crippen LogP contribution is -2.26. The van der Waals surface area contributed by atoms with Gasteiger partial charge in [0.15, 0.2) is 5.88 Å². The molecule has 2 heterocycles. The lowest BCUT2D eigenvalue weighted by molar-refractivity contribution is 0.350. The summed E-state index contributed by atoms with van der Waals surface area (Å²) in [6.45, 7) is 7.43. The van der Waals surface area contributed by atoms with Crippen molar-refractivity contribution in [2.24, 2.45) is 0 Å². The van der Waals surface area contributed by atoms with Crippen LogP contribution in [0.3, 0.4) is 0 Å². The van der Waals surface area contributed by atoms with Crippen molar-refractivity contribution in [1.82, 2.24) is 5.32 Å². The summed E-state index contributed by atoms with van der Waals surface area (Å²) in [5.41, 5.74) is 0. The third kappa shape index (κ3) is 2.40. The van der Waals surface area contributed by atoms with Gasteiger partial charge in [0, 0.05) is 19.2 Å². The van der Waals surface area contributed by atoms with Gasteiger partial charge in [-0.25, -0.2) is 0 Å². The van der Waals surface area contributed by atoms with Crippen LogP contribution in [-0.2, 0) is 0 Å². The van der Waals surface area contributed by atoms with Crippen molar-refractivity contribution in [3.05, 3.63) is 17.9 Å². The van der Waals surface area contributed by atoms with E-state index < -0.39 is 0 Å². The molecule has 16 heavy (non-hydrogen) atoms. The SMILES string of the molecule is CCN(CC)c1ccc([C@H]2CCCCN2)o1. The second-order valence-corrected chi connectivity index (χ2v) is 4.35. The molecule has 3 nitrogen and oxygen atoms in total. The van der Waals surface area contributed by atoms with Crippen LogP contribution in [0.5, 0.6) is 0 Å². The van der Waals surface area contributed by atoms with Gasteiger partial charge in [0.1, 0.15) is 5.76 Å². The zero-order chi connectivity index (χ0) is 11.4. The van der Waals surface area contributed by atoms with Crippen LogP contribution >= 0.6 is 0 Å². The maximum absolute atomic E-state index is 5.93. The summed E-state index contributed by atoms with van der Waals surface area (Å²) in [7, 11) is 0. The minimum Gasteiger partial charge on any atom is -0.444 e. The van der Waals surface area contributed by atoms with E-state index in [1.54, 1.807) is 0 Å². The Balaban J connectivity index is 2.05. The highest BCUT2D eigenvalue weighted by Crippen LogP contribution is 2.27. The van der Waals surface area contributed by atoms with E-state index in [0.29, 0.717) is 6.04 Å². The predicted molar refractivity (Wildman–Crippen MR) is 66.9 cm³/mol. The van der Waals surface area contributed by atoms with Gasteiger partial charge in [-0.15, -0.1) is 0 Å². The topological polar surface area (TPSA) is 28.4 Å². The molecule has 1 saturated heterocycles. The smallest absolute Gasteiger partial charge is 0.195 e. The first-order valence-corrected chi connectivity index (χ1v) is 6.43. The van der Waals surface area contributed by atoms with E-state index in [1.165, 1.54) is 19.3 Å². The van der Waals surface area contributed by atoms with Crippen LogP contribution in [0.15, 0.2) is 16.5 Å². The lowest BCUT2D eigenvalue weighted by atomic mass is 10.0. The van der Waals surface area contributed by atoms with Gasteiger partial charge in [-0.3, -0.25) is 0 Å². The van der Waals surface area contributed by atoms with E-state index in [0.717, 1.165) is 31.3 Å². The first-order valence-electron chi connectivity index (χ1n) is 6.43. The summed E-state index contributed by atoms with van der Waals surface area (Å²) in [5, 5.41) is 3.51. The fraction of sp³-hybridized carbons (Fsp3) is 0.692. The monoisotopic (exact) mass is 222 g/mol. The number of nitrogens with zero attached hydrogens (tertiary/aromatic N) is 1. The van der Waals surface area contributed by atoms with Gasteiger partial charge in [0.05, 0.1) is 6.04 Å². The number of rotatable bonds is 4. The molecular formula is C13H22N2O. The van der Waals surface area contributed by atoms with Gasteiger partial charge in [-0.05, 0) is 39.3 Å². The molecule has 3 heteroatoms. The Morgan fingerprint density at radius 3 is 2.75 bits per heavy atom. The van der Waals surface area contributed by atoms with Crippen LogP contribution in [0.4, 0.5) is 5.88 Å². The number of piperidine rings is 1. The largest absolute Gasteiger partial charge is 0.444 e. The molecule has 1 fully saturated rings. The predicted octanol–water partition coefficient (Wildman–Crippen LogP) is 2.94. The minimum absolute atomic E-state index is 0.429. The average molecular weight is 222 g/mol. The number of nitrogens with one attached hydrogen (secondary N) is 1. The second-order valence-electron chi connectivity index (χ2n) is 4.35. The fourth-order valence-electron chi connectivity index (χ4n) is 2.33. The molecule has 1 aromatic rings. The Kier molecular flexibility index (Phi) is 3.88. The molecule has 90 valence electrons. The molecule has 0 radical (unpaired) electrons. The molecule has 0 aliphatic carbocycles. The Hall–Kier alpha value is -0.960. The Bertz CT molecular complexity index is 311. The minimum atomic E-state index is 0.429. The summed E-state index contributed by atoms with van der Waals surface area (Å²) in [6.07, 6.45) is 3.80. The van der Waals surface area contributed by atoms with Crippen LogP contribution in [0.2, 0.25) is 0 Å². The Morgan fingerprint density at radius 2 is 2.12 bits per heavy atom. The van der Waals surface area contributed by atoms with Gasteiger partial charge in [0.25, 0.3) is 0 Å². The van der Waals surface area contributed by atoms with E-state index in [2.05, 4.69) is 36.2 Å². The van der Waals surface area contributed by atoms with Crippen LogP contribution in [-0.4, -0.2) is 19.6 Å². The standard InChI is InChI=1S/C13H22N2O/c1-3-15(4-2)13-9-8-12(16-13)11-7-5-6-10-14-11/h8-9,11,14H,3-7,10H2,1-2H3/t11-/m1/s1. The van der Waals surface area contributed by atoms with Gasteiger partial charge in [-0.2, -0.15) is 0 Å². The van der Waals surface area contributed by atoms with Crippen molar-refractivity contribution in [3.8, 4) is 0 Å². The number of anilines is 1. The maximum atomic E-state index is 5.93. The van der Waals surface area contributed by atoms with Crippen molar-refractivity contribution in [2.75, 3.05) is 24.5 Å². The zero-order valence-corrected chi connectivity index (χ0v) is 10.3. The van der Waals surface area contributed by atoms with Crippen LogP contribution in [0.1, 0.15) is 44.9 Å². The van der Waals surface area contributed by atoms with Gasteiger partial charge >= 0.3 is 0 Å². The summed E-state index contributed by atoms with van der Waals surface area (Å²) >= 11 is 0. The molecular weight excluding hydrogens is 200 g/mol. The highest BCUT2D eigenvalue weighted by atomic mass is 16.4. The van der Waals surface area contributed by atoms with E-state index in [-0.39, 0.29) is 0 Å². The third-order valence-electron chi connectivity index (χ3n) is 3.34. The molecule has 1 aliphatic rings. The molecule has 1 aromatic heterocycles. The fourth-order valence-corrected chi connectivity index (χ4v) is 2.33. The van der Waals surface area contributed by atoms with Crippen LogP contribution < -0.4 is 10.2 Å². The van der Waals surface area contributed by atoms with Gasteiger partial charge in [0.2, 0.25) is 0 Å². The number of furan rings is 1. The number of hydrogen-bond acceptors (Lipinski definition) is 3. The summed E-state index contributed by atoms with van der Waals surface area (Å²) < 4.78 is 5.93. The van der Waals surface area contributed by atoms with E-state index >= 15 is 0 Å². The number of hydrogen-bond donors (Lipinski definition) is 1. The first kappa shape index (κ1) is 11.5. The molecule has 0 saturated carbocycles. The van der Waals surface area contributed by atoms with Crippen molar-refractivity contribution < 1.29 is 4.42 Å². The average Bonchev–Trinajstić information content (AvgIpc) is 2.81. The van der Waals surface area contributed by atoms with Gasteiger partial charge in [-0.1, -0.05) is 6.42 Å². The summed E-state index contributed by atoms with van der Waals surface area (Å²) in [6, 6.07) is 4.65. The molecule has 0 spiro atoms. The zero-order valence-electron chi connectivity index (χ0n) is 10.3. The van der Waals surface area contributed by atoms with Crippen LogP contribution in [0, 0.1) is 0 Å². The van der Waals surface area contributed by atoms with E-state index in [4.69, 9.17) is 4.42 Å². The molecule has 0 aromatic carbocycles. The molecule has 1 atom stereocenters. The second kappa shape index (κ2) is 5.39. The third-order valence-corrected chi connectivity index (χ3v) is 3.34. The van der Waals surface area contributed by atoms with Crippen LogP contribution in [0.25, 0.3) is 0 Å². The van der Waals surface area contributed by atoms with Crippen molar-refractivity contribution in [2.45, 2.75) is 39.2 Å². The summed E-state index contributed by atoms with van der Waals surface area (Å²) in [5.74, 6) is 2.11. The Morgan fingerprint density at radius 1 is 1.31 bits per heavy atom. The molecule has 1 aliphatic heterocycles. The van der Waals surface area contributed by atoms with E-state index in [9.17, 15) is 0 Å². The highest BCUT2D eigenvalue weighted by Gasteiger charge is 2.18. The van der Waals surface area contributed by atoms with Crippen molar-refractivity contribution in [3.63, 3.8) is 0 Å².